The lowest BCUT2D eigenvalue weighted by Gasteiger charge is -2.12. The van der Waals surface area contributed by atoms with E-state index in [-0.39, 0.29) is 11.9 Å². The minimum absolute atomic E-state index is 0.106. The molecular weight excluding hydrogens is 240 g/mol. The fraction of sp³-hybridized carbons (Fsp3) is 0.267. The molecule has 1 heterocycles. The second-order valence-corrected chi connectivity index (χ2v) is 4.69. The Kier molecular flexibility index (Phi) is 3.33. The largest absolute Gasteiger partial charge is 0.379 e. The van der Waals surface area contributed by atoms with Crippen LogP contribution < -0.4 is 15.6 Å². The second kappa shape index (κ2) is 5.28. The van der Waals surface area contributed by atoms with Gasteiger partial charge in [0.1, 0.15) is 0 Å². The van der Waals surface area contributed by atoms with E-state index in [0.717, 1.165) is 30.2 Å². The lowest BCUT2D eigenvalue weighted by Crippen LogP contribution is -2.41. The summed E-state index contributed by atoms with van der Waals surface area (Å²) in [5.74, 6) is 0.565. The second-order valence-electron chi connectivity index (χ2n) is 4.69. The number of carbonyl (C=O) groups excluding carboxylic acids is 1. The molecule has 0 bridgehead atoms. The van der Waals surface area contributed by atoms with Gasteiger partial charge in [0.15, 0.2) is 5.75 Å². The predicted molar refractivity (Wildman–Crippen MR) is 73.7 cm³/mol. The first-order valence-corrected chi connectivity index (χ1v) is 6.52. The predicted octanol–water partition coefficient (Wildman–Crippen LogP) is 2.00. The third kappa shape index (κ3) is 2.53. The summed E-state index contributed by atoms with van der Waals surface area (Å²) in [6.07, 6.45) is 1.90. The number of fused-ring (bicyclic) bond motifs is 1. The molecule has 1 atom stereocenters. The van der Waals surface area contributed by atoms with Crippen LogP contribution in [0, 0.1) is 0 Å². The van der Waals surface area contributed by atoms with Crippen LogP contribution in [0.25, 0.3) is 10.8 Å². The molecule has 0 aliphatic carbocycles. The first-order valence-electron chi connectivity index (χ1n) is 6.52. The highest BCUT2D eigenvalue weighted by atomic mass is 16.7. The van der Waals surface area contributed by atoms with Gasteiger partial charge in [-0.05, 0) is 30.8 Å². The highest BCUT2D eigenvalue weighted by Gasteiger charge is 2.22. The van der Waals surface area contributed by atoms with E-state index >= 15 is 0 Å². The van der Waals surface area contributed by atoms with Crippen molar-refractivity contribution < 1.29 is 9.63 Å². The quantitative estimate of drug-likeness (QED) is 0.826. The van der Waals surface area contributed by atoms with Gasteiger partial charge in [-0.3, -0.25) is 4.79 Å². The van der Waals surface area contributed by atoms with Crippen LogP contribution >= 0.6 is 0 Å². The molecule has 1 saturated heterocycles. The molecule has 98 valence electrons. The summed E-state index contributed by atoms with van der Waals surface area (Å²) in [4.78, 5) is 17.3. The van der Waals surface area contributed by atoms with Gasteiger partial charge in [0, 0.05) is 5.39 Å². The topological polar surface area (TPSA) is 50.4 Å². The first-order chi connectivity index (χ1) is 9.34. The molecule has 1 aliphatic heterocycles. The van der Waals surface area contributed by atoms with E-state index in [0.29, 0.717) is 5.75 Å². The van der Waals surface area contributed by atoms with Gasteiger partial charge in [-0.2, -0.15) is 5.48 Å². The molecule has 0 spiro atoms. The number of nitrogens with one attached hydrogen (secondary N) is 2. The molecule has 0 aromatic heterocycles. The molecule has 2 N–H and O–H groups in total. The average molecular weight is 256 g/mol. The lowest BCUT2D eigenvalue weighted by atomic mass is 10.1. The van der Waals surface area contributed by atoms with E-state index in [9.17, 15) is 4.79 Å². The minimum atomic E-state index is -0.130. The number of benzene rings is 2. The van der Waals surface area contributed by atoms with Crippen LogP contribution in [0.4, 0.5) is 0 Å². The molecule has 2 aromatic rings. The normalized spacial score (nSPS) is 18.4. The third-order valence-corrected chi connectivity index (χ3v) is 3.39. The van der Waals surface area contributed by atoms with Gasteiger partial charge in [0.05, 0.1) is 6.04 Å². The Labute approximate surface area is 111 Å². The van der Waals surface area contributed by atoms with Crippen molar-refractivity contribution in [1.29, 1.82) is 0 Å². The van der Waals surface area contributed by atoms with E-state index in [2.05, 4.69) is 10.8 Å². The maximum Gasteiger partial charge on any atom is 0.269 e. The minimum Gasteiger partial charge on any atom is -0.379 e. The molecule has 4 heteroatoms. The molecule has 1 amide bonds. The molecule has 19 heavy (non-hydrogen) atoms. The van der Waals surface area contributed by atoms with E-state index in [1.807, 2.05) is 42.5 Å². The van der Waals surface area contributed by atoms with E-state index in [4.69, 9.17) is 4.84 Å². The van der Waals surface area contributed by atoms with Gasteiger partial charge in [0.2, 0.25) is 0 Å². The van der Waals surface area contributed by atoms with Gasteiger partial charge in [-0.15, -0.1) is 0 Å². The van der Waals surface area contributed by atoms with E-state index in [1.165, 1.54) is 0 Å². The third-order valence-electron chi connectivity index (χ3n) is 3.39. The van der Waals surface area contributed by atoms with Crippen molar-refractivity contribution in [3.8, 4) is 5.75 Å². The van der Waals surface area contributed by atoms with Gasteiger partial charge in [-0.1, -0.05) is 36.4 Å². The Morgan fingerprint density at radius 2 is 2.05 bits per heavy atom. The van der Waals surface area contributed by atoms with Gasteiger partial charge < -0.3 is 10.2 Å². The zero-order valence-corrected chi connectivity index (χ0v) is 10.6. The van der Waals surface area contributed by atoms with Crippen LogP contribution in [0.1, 0.15) is 12.8 Å². The van der Waals surface area contributed by atoms with Gasteiger partial charge in [-0.25, -0.2) is 0 Å². The fourth-order valence-corrected chi connectivity index (χ4v) is 2.37. The number of amides is 1. The van der Waals surface area contributed by atoms with Crippen molar-refractivity contribution in [2.45, 2.75) is 18.9 Å². The van der Waals surface area contributed by atoms with Crippen LogP contribution in [0.2, 0.25) is 0 Å². The Morgan fingerprint density at radius 1 is 1.21 bits per heavy atom. The molecule has 3 rings (SSSR count). The molecule has 2 aromatic carbocycles. The first kappa shape index (κ1) is 12.0. The Bertz CT molecular complexity index is 586. The highest BCUT2D eigenvalue weighted by Crippen LogP contribution is 2.24. The summed E-state index contributed by atoms with van der Waals surface area (Å²) in [5.41, 5.74) is 2.53. The van der Waals surface area contributed by atoms with Crippen molar-refractivity contribution in [2.24, 2.45) is 0 Å². The highest BCUT2D eigenvalue weighted by molar-refractivity contribution is 5.88. The molecule has 1 fully saturated rings. The number of hydrogen-bond donors (Lipinski definition) is 2. The smallest absolute Gasteiger partial charge is 0.269 e. The van der Waals surface area contributed by atoms with Crippen LogP contribution in [-0.4, -0.2) is 18.5 Å². The Morgan fingerprint density at radius 3 is 2.89 bits per heavy atom. The maximum atomic E-state index is 11.9. The summed E-state index contributed by atoms with van der Waals surface area (Å²) in [6, 6.07) is 13.6. The zero-order valence-electron chi connectivity index (χ0n) is 10.6. The molecule has 1 aliphatic rings. The summed E-state index contributed by atoms with van der Waals surface area (Å²) in [6.45, 7) is 0.895. The van der Waals surface area contributed by atoms with Crippen molar-refractivity contribution in [1.82, 2.24) is 10.8 Å². The maximum absolute atomic E-state index is 11.9. The Balaban J connectivity index is 1.73. The summed E-state index contributed by atoms with van der Waals surface area (Å²) in [7, 11) is 0. The zero-order chi connectivity index (χ0) is 13.1. The fourth-order valence-electron chi connectivity index (χ4n) is 2.37. The molecule has 0 saturated carbocycles. The van der Waals surface area contributed by atoms with Crippen molar-refractivity contribution in [3.05, 3.63) is 42.5 Å². The monoisotopic (exact) mass is 256 g/mol. The van der Waals surface area contributed by atoms with E-state index in [1.54, 1.807) is 0 Å². The number of hydroxylamine groups is 1. The van der Waals surface area contributed by atoms with Crippen LogP contribution in [0.15, 0.2) is 42.5 Å². The molecule has 4 nitrogen and oxygen atoms in total. The summed E-state index contributed by atoms with van der Waals surface area (Å²) >= 11 is 0. The molecule has 0 radical (unpaired) electrons. The standard InChI is InChI=1S/C15H16N2O2/c18-15(13-8-4-10-16-13)17-19-14-9-3-6-11-5-1-2-7-12(11)14/h1-3,5-7,9,13,16H,4,8,10H2,(H,17,18)/t13-/m0/s1. The van der Waals surface area contributed by atoms with Crippen LogP contribution in [-0.2, 0) is 4.79 Å². The summed E-state index contributed by atoms with van der Waals surface area (Å²) < 4.78 is 0. The van der Waals surface area contributed by atoms with Crippen molar-refractivity contribution >= 4 is 16.7 Å². The van der Waals surface area contributed by atoms with Crippen molar-refractivity contribution in [2.75, 3.05) is 6.54 Å². The number of carbonyl (C=O) groups is 1. The van der Waals surface area contributed by atoms with Crippen LogP contribution in [0.5, 0.6) is 5.75 Å². The van der Waals surface area contributed by atoms with Gasteiger partial charge >= 0.3 is 0 Å². The van der Waals surface area contributed by atoms with Crippen molar-refractivity contribution in [3.63, 3.8) is 0 Å². The Hall–Kier alpha value is -2.07. The molecular formula is C15H16N2O2. The summed E-state index contributed by atoms with van der Waals surface area (Å²) in [5, 5.41) is 5.22. The molecule has 0 unspecified atom stereocenters. The van der Waals surface area contributed by atoms with Crippen LogP contribution in [0.3, 0.4) is 0 Å². The SMILES string of the molecule is O=C(NOc1cccc2ccccc12)[C@@H]1CCCN1. The van der Waals surface area contributed by atoms with Gasteiger partial charge in [0.25, 0.3) is 5.91 Å². The number of hydrogen-bond acceptors (Lipinski definition) is 3. The lowest BCUT2D eigenvalue weighted by molar-refractivity contribution is -0.129. The van der Waals surface area contributed by atoms with E-state index < -0.39 is 0 Å². The number of rotatable bonds is 3. The average Bonchev–Trinajstić information content (AvgIpc) is 2.99.